The molecule has 0 aliphatic heterocycles. The molecule has 17 heavy (non-hydrogen) atoms. The SMILES string of the molecule is CCCOc1cc(Cl)c(F)cc1CC(C)N.Cl. The highest BCUT2D eigenvalue weighted by molar-refractivity contribution is 6.30. The normalized spacial score (nSPS) is 11.8. The minimum atomic E-state index is -0.429. The molecule has 0 aromatic heterocycles. The summed E-state index contributed by atoms with van der Waals surface area (Å²) < 4.78 is 18.8. The molecule has 1 unspecified atom stereocenters. The van der Waals surface area contributed by atoms with E-state index in [0.29, 0.717) is 18.8 Å². The van der Waals surface area contributed by atoms with Gasteiger partial charge in [0.25, 0.3) is 0 Å². The van der Waals surface area contributed by atoms with Crippen molar-refractivity contribution in [1.82, 2.24) is 0 Å². The summed E-state index contributed by atoms with van der Waals surface area (Å²) in [7, 11) is 0. The van der Waals surface area contributed by atoms with E-state index in [0.717, 1.165) is 12.0 Å². The zero-order chi connectivity index (χ0) is 12.1. The molecule has 0 heterocycles. The molecule has 5 heteroatoms. The molecule has 0 fully saturated rings. The molecule has 0 spiro atoms. The average molecular weight is 282 g/mol. The summed E-state index contributed by atoms with van der Waals surface area (Å²) in [5.41, 5.74) is 6.47. The maximum atomic E-state index is 13.3. The molecule has 0 bridgehead atoms. The van der Waals surface area contributed by atoms with Gasteiger partial charge in [0, 0.05) is 12.1 Å². The third kappa shape index (κ3) is 5.11. The van der Waals surface area contributed by atoms with Crippen molar-refractivity contribution in [3.8, 4) is 5.75 Å². The van der Waals surface area contributed by atoms with Crippen LogP contribution in [-0.4, -0.2) is 12.6 Å². The van der Waals surface area contributed by atoms with E-state index in [1.165, 1.54) is 12.1 Å². The van der Waals surface area contributed by atoms with E-state index in [1.54, 1.807) is 0 Å². The summed E-state index contributed by atoms with van der Waals surface area (Å²) in [6.07, 6.45) is 1.47. The number of hydrogen-bond acceptors (Lipinski definition) is 2. The quantitative estimate of drug-likeness (QED) is 0.895. The first-order valence-electron chi connectivity index (χ1n) is 5.41. The zero-order valence-corrected chi connectivity index (χ0v) is 11.6. The van der Waals surface area contributed by atoms with Crippen LogP contribution in [-0.2, 0) is 6.42 Å². The Morgan fingerprint density at radius 2 is 2.12 bits per heavy atom. The van der Waals surface area contributed by atoms with Crippen molar-refractivity contribution in [3.63, 3.8) is 0 Å². The Bertz CT molecular complexity index is 359. The number of hydrogen-bond donors (Lipinski definition) is 1. The fourth-order valence-corrected chi connectivity index (χ4v) is 1.58. The minimum absolute atomic E-state index is 0. The highest BCUT2D eigenvalue weighted by atomic mass is 35.5. The third-order valence-corrected chi connectivity index (χ3v) is 2.40. The van der Waals surface area contributed by atoms with Gasteiger partial charge in [0.2, 0.25) is 0 Å². The predicted octanol–water partition coefficient (Wildman–Crippen LogP) is 3.58. The van der Waals surface area contributed by atoms with Gasteiger partial charge in [0.1, 0.15) is 11.6 Å². The zero-order valence-electron chi connectivity index (χ0n) is 10.0. The van der Waals surface area contributed by atoms with Gasteiger partial charge in [0.15, 0.2) is 0 Å². The van der Waals surface area contributed by atoms with Crippen molar-refractivity contribution in [2.24, 2.45) is 5.73 Å². The number of ether oxygens (including phenoxy) is 1. The Labute approximate surface area is 113 Å². The lowest BCUT2D eigenvalue weighted by molar-refractivity contribution is 0.313. The van der Waals surface area contributed by atoms with E-state index < -0.39 is 5.82 Å². The minimum Gasteiger partial charge on any atom is -0.493 e. The summed E-state index contributed by atoms with van der Waals surface area (Å²) in [5, 5.41) is 0.0829. The lowest BCUT2D eigenvalue weighted by Gasteiger charge is -2.13. The number of rotatable bonds is 5. The van der Waals surface area contributed by atoms with E-state index in [9.17, 15) is 4.39 Å². The van der Waals surface area contributed by atoms with Crippen molar-refractivity contribution in [2.45, 2.75) is 32.7 Å². The van der Waals surface area contributed by atoms with Gasteiger partial charge in [-0.1, -0.05) is 18.5 Å². The van der Waals surface area contributed by atoms with E-state index >= 15 is 0 Å². The fraction of sp³-hybridized carbons (Fsp3) is 0.500. The summed E-state index contributed by atoms with van der Waals surface area (Å²) in [6, 6.07) is 2.88. The second kappa shape index (κ2) is 7.75. The van der Waals surface area contributed by atoms with Crippen molar-refractivity contribution in [2.75, 3.05) is 6.61 Å². The standard InChI is InChI=1S/C12H17ClFNO.ClH/c1-3-4-16-12-7-10(13)11(14)6-9(12)5-8(2)15;/h6-8H,3-5,15H2,1-2H3;1H. The first kappa shape index (κ1) is 16.5. The smallest absolute Gasteiger partial charge is 0.142 e. The van der Waals surface area contributed by atoms with Crippen LogP contribution >= 0.6 is 24.0 Å². The van der Waals surface area contributed by atoms with Crippen LogP contribution in [0.1, 0.15) is 25.8 Å². The highest BCUT2D eigenvalue weighted by Gasteiger charge is 2.11. The first-order valence-corrected chi connectivity index (χ1v) is 5.78. The topological polar surface area (TPSA) is 35.2 Å². The van der Waals surface area contributed by atoms with Crippen LogP contribution < -0.4 is 10.5 Å². The van der Waals surface area contributed by atoms with Crippen LogP contribution in [0.15, 0.2) is 12.1 Å². The molecule has 2 nitrogen and oxygen atoms in total. The van der Waals surface area contributed by atoms with Gasteiger partial charge in [-0.05, 0) is 31.4 Å². The molecule has 2 N–H and O–H groups in total. The number of benzene rings is 1. The van der Waals surface area contributed by atoms with Gasteiger partial charge < -0.3 is 10.5 Å². The van der Waals surface area contributed by atoms with E-state index in [2.05, 4.69) is 0 Å². The summed E-state index contributed by atoms with van der Waals surface area (Å²) in [6.45, 7) is 4.47. The lowest BCUT2D eigenvalue weighted by atomic mass is 10.1. The second-order valence-corrected chi connectivity index (χ2v) is 4.31. The Morgan fingerprint density at radius 3 is 2.65 bits per heavy atom. The number of nitrogens with two attached hydrogens (primary N) is 1. The molecule has 0 aliphatic rings. The van der Waals surface area contributed by atoms with E-state index in [1.807, 2.05) is 13.8 Å². The van der Waals surface area contributed by atoms with Gasteiger partial charge in [-0.3, -0.25) is 0 Å². The molecule has 0 saturated heterocycles. The van der Waals surface area contributed by atoms with Crippen molar-refractivity contribution in [3.05, 3.63) is 28.5 Å². The molecular formula is C12H18Cl2FNO. The predicted molar refractivity (Wildman–Crippen MR) is 71.8 cm³/mol. The van der Waals surface area contributed by atoms with Gasteiger partial charge in [0.05, 0.1) is 11.6 Å². The summed E-state index contributed by atoms with van der Waals surface area (Å²) in [5.74, 6) is 0.201. The molecular weight excluding hydrogens is 264 g/mol. The molecule has 0 amide bonds. The average Bonchev–Trinajstić information content (AvgIpc) is 2.20. The fourth-order valence-electron chi connectivity index (χ4n) is 1.42. The largest absolute Gasteiger partial charge is 0.493 e. The summed E-state index contributed by atoms with van der Waals surface area (Å²) in [4.78, 5) is 0. The maximum Gasteiger partial charge on any atom is 0.142 e. The lowest BCUT2D eigenvalue weighted by Crippen LogP contribution is -2.18. The van der Waals surface area contributed by atoms with Gasteiger partial charge in [-0.25, -0.2) is 4.39 Å². The molecule has 0 aliphatic carbocycles. The van der Waals surface area contributed by atoms with Gasteiger partial charge >= 0.3 is 0 Å². The monoisotopic (exact) mass is 281 g/mol. The van der Waals surface area contributed by atoms with Crippen molar-refractivity contribution in [1.29, 1.82) is 0 Å². The summed E-state index contributed by atoms with van der Waals surface area (Å²) >= 11 is 5.72. The molecule has 0 saturated carbocycles. The maximum absolute atomic E-state index is 13.3. The number of halogens is 3. The first-order chi connectivity index (χ1) is 7.54. The molecule has 0 radical (unpaired) electrons. The highest BCUT2D eigenvalue weighted by Crippen LogP contribution is 2.27. The Hall–Kier alpha value is -0.510. The third-order valence-electron chi connectivity index (χ3n) is 2.11. The van der Waals surface area contributed by atoms with Crippen LogP contribution in [0, 0.1) is 5.82 Å². The second-order valence-electron chi connectivity index (χ2n) is 3.90. The molecule has 1 aromatic carbocycles. The Balaban J connectivity index is 0.00000256. The Morgan fingerprint density at radius 1 is 1.47 bits per heavy atom. The van der Waals surface area contributed by atoms with Gasteiger partial charge in [-0.2, -0.15) is 0 Å². The van der Waals surface area contributed by atoms with E-state index in [4.69, 9.17) is 22.1 Å². The van der Waals surface area contributed by atoms with Crippen LogP contribution in [0.2, 0.25) is 5.02 Å². The van der Waals surface area contributed by atoms with Crippen molar-refractivity contribution < 1.29 is 9.13 Å². The Kier molecular flexibility index (Phi) is 7.51. The van der Waals surface area contributed by atoms with Crippen LogP contribution in [0.4, 0.5) is 4.39 Å². The van der Waals surface area contributed by atoms with Crippen LogP contribution in [0.3, 0.4) is 0 Å². The van der Waals surface area contributed by atoms with E-state index in [-0.39, 0.29) is 23.5 Å². The molecule has 1 aromatic rings. The van der Waals surface area contributed by atoms with Crippen LogP contribution in [0.5, 0.6) is 5.75 Å². The van der Waals surface area contributed by atoms with Gasteiger partial charge in [-0.15, -0.1) is 12.4 Å². The molecule has 1 atom stereocenters. The molecule has 1 rings (SSSR count). The van der Waals surface area contributed by atoms with Crippen LogP contribution in [0.25, 0.3) is 0 Å². The molecule has 98 valence electrons. The van der Waals surface area contributed by atoms with Crippen molar-refractivity contribution >= 4 is 24.0 Å².